The Hall–Kier alpha value is -2.00. The van der Waals surface area contributed by atoms with Crippen LogP contribution in [0.2, 0.25) is 0 Å². The van der Waals surface area contributed by atoms with Gasteiger partial charge in [-0.05, 0) is 36.9 Å². The molecule has 1 saturated heterocycles. The average molecular weight is 416 g/mol. The van der Waals surface area contributed by atoms with Crippen LogP contribution in [0.1, 0.15) is 12.5 Å². The molecule has 1 aliphatic heterocycles. The van der Waals surface area contributed by atoms with E-state index < -0.39 is 23.2 Å². The van der Waals surface area contributed by atoms with E-state index in [1.807, 2.05) is 0 Å². The Bertz CT molecular complexity index is 748. The first-order chi connectivity index (χ1) is 11.3. The van der Waals surface area contributed by atoms with Crippen LogP contribution in [0.4, 0.5) is 4.79 Å². The number of aromatic hydroxyl groups is 1. The van der Waals surface area contributed by atoms with E-state index in [4.69, 9.17) is 4.74 Å². The molecule has 0 radical (unpaired) electrons. The molecule has 1 atom stereocenters. The van der Waals surface area contributed by atoms with Gasteiger partial charge in [0.15, 0.2) is 11.5 Å². The molecule has 7 nitrogen and oxygen atoms in total. The lowest BCUT2D eigenvalue weighted by Gasteiger charge is -2.18. The predicted octanol–water partition coefficient (Wildman–Crippen LogP) is 2.76. The number of amides is 2. The minimum Gasteiger partial charge on any atom is -0.504 e. The summed E-state index contributed by atoms with van der Waals surface area (Å²) in [6, 6.07) is 2.12. The molecule has 24 heavy (non-hydrogen) atoms. The van der Waals surface area contributed by atoms with Crippen molar-refractivity contribution in [3.63, 3.8) is 0 Å². The molecule has 1 heterocycles. The first-order valence-corrected chi connectivity index (χ1v) is 8.32. The second-order valence-electron chi connectivity index (χ2n) is 4.80. The number of imide groups is 1. The number of phenols is 1. The third-order valence-electron chi connectivity index (χ3n) is 3.33. The number of halogens is 1. The maximum absolute atomic E-state index is 12.4. The monoisotopic (exact) mass is 415 g/mol. The maximum Gasteiger partial charge on any atom is 0.328 e. The van der Waals surface area contributed by atoms with E-state index in [9.17, 15) is 19.5 Å². The van der Waals surface area contributed by atoms with E-state index in [1.165, 1.54) is 27.2 Å². The van der Waals surface area contributed by atoms with E-state index >= 15 is 0 Å². The number of thioether (sulfide) groups is 1. The molecule has 1 aromatic rings. The smallest absolute Gasteiger partial charge is 0.328 e. The van der Waals surface area contributed by atoms with Crippen molar-refractivity contribution in [2.75, 3.05) is 14.2 Å². The lowest BCUT2D eigenvalue weighted by atomic mass is 10.1. The number of esters is 1. The Balaban J connectivity index is 2.39. The number of ether oxygens (including phenoxy) is 2. The van der Waals surface area contributed by atoms with Crippen molar-refractivity contribution in [3.8, 4) is 11.5 Å². The average Bonchev–Trinajstić information content (AvgIpc) is 2.82. The Morgan fingerprint density at radius 3 is 2.62 bits per heavy atom. The lowest BCUT2D eigenvalue weighted by molar-refractivity contribution is -0.148. The first-order valence-electron chi connectivity index (χ1n) is 6.71. The van der Waals surface area contributed by atoms with Crippen LogP contribution in [0.3, 0.4) is 0 Å². The number of phenolic OH excluding ortho intramolecular Hbond substituents is 1. The number of nitrogens with zero attached hydrogens (tertiary/aromatic N) is 1. The Morgan fingerprint density at radius 1 is 1.38 bits per heavy atom. The normalized spacial score (nSPS) is 17.3. The molecule has 0 aromatic heterocycles. The SMILES string of the molecule is COC(=O)[C@H](C)N1C(=O)S/C(=C/c2cc(Br)cc(OC)c2O)C1=O. The minimum absolute atomic E-state index is 0.0891. The van der Waals surface area contributed by atoms with Crippen LogP contribution < -0.4 is 4.74 Å². The Labute approximate surface area is 150 Å². The van der Waals surface area contributed by atoms with E-state index in [-0.39, 0.29) is 16.4 Å². The van der Waals surface area contributed by atoms with Gasteiger partial charge in [0.05, 0.1) is 19.1 Å². The van der Waals surface area contributed by atoms with Crippen LogP contribution >= 0.6 is 27.7 Å². The maximum atomic E-state index is 12.4. The van der Waals surface area contributed by atoms with Crippen molar-refractivity contribution in [3.05, 3.63) is 27.1 Å². The van der Waals surface area contributed by atoms with Gasteiger partial charge in [0.2, 0.25) is 0 Å². The number of benzene rings is 1. The van der Waals surface area contributed by atoms with Gasteiger partial charge in [-0.2, -0.15) is 0 Å². The summed E-state index contributed by atoms with van der Waals surface area (Å²) in [7, 11) is 2.58. The quantitative estimate of drug-likeness (QED) is 0.596. The standard InChI is InChI=1S/C15H14BrNO6S/c1-7(14(20)23-3)17-13(19)11(24-15(17)21)5-8-4-9(16)6-10(22-2)12(8)18/h4-7,18H,1-3H3/b11-5+/t7-/m0/s1. The van der Waals surface area contributed by atoms with Gasteiger partial charge in [-0.3, -0.25) is 14.5 Å². The van der Waals surface area contributed by atoms with Crippen molar-refractivity contribution in [2.45, 2.75) is 13.0 Å². The fourth-order valence-electron chi connectivity index (χ4n) is 2.09. The second kappa shape index (κ2) is 7.27. The molecule has 0 aliphatic carbocycles. The Morgan fingerprint density at radius 2 is 2.04 bits per heavy atom. The summed E-state index contributed by atoms with van der Waals surface area (Å²) in [5.41, 5.74) is 0.303. The third kappa shape index (κ3) is 3.41. The molecule has 0 bridgehead atoms. The van der Waals surface area contributed by atoms with Crippen LogP contribution in [0.25, 0.3) is 6.08 Å². The van der Waals surface area contributed by atoms with Crippen molar-refractivity contribution in [1.82, 2.24) is 4.90 Å². The van der Waals surface area contributed by atoms with Crippen molar-refractivity contribution in [1.29, 1.82) is 0 Å². The first kappa shape index (κ1) is 18.3. The molecular weight excluding hydrogens is 402 g/mol. The highest BCUT2D eigenvalue weighted by atomic mass is 79.9. The van der Waals surface area contributed by atoms with Crippen molar-refractivity contribution >= 4 is 50.9 Å². The topological polar surface area (TPSA) is 93.1 Å². The molecule has 2 rings (SSSR count). The number of methoxy groups -OCH3 is 2. The number of hydrogen-bond donors (Lipinski definition) is 1. The molecule has 1 N–H and O–H groups in total. The largest absolute Gasteiger partial charge is 0.504 e. The number of rotatable bonds is 4. The zero-order valence-corrected chi connectivity index (χ0v) is 15.4. The van der Waals surface area contributed by atoms with E-state index in [1.54, 1.807) is 12.1 Å². The zero-order valence-electron chi connectivity index (χ0n) is 13.0. The minimum atomic E-state index is -1.03. The molecular formula is C15H14BrNO6S. The number of hydrogen-bond acceptors (Lipinski definition) is 7. The second-order valence-corrected chi connectivity index (χ2v) is 6.71. The van der Waals surface area contributed by atoms with Gasteiger partial charge >= 0.3 is 5.97 Å². The summed E-state index contributed by atoms with van der Waals surface area (Å²) in [4.78, 5) is 37.0. The van der Waals surface area contributed by atoms with Crippen LogP contribution in [0.5, 0.6) is 11.5 Å². The molecule has 9 heteroatoms. The molecule has 2 amide bonds. The van der Waals surface area contributed by atoms with E-state index in [0.717, 1.165) is 4.90 Å². The fraction of sp³-hybridized carbons (Fsp3) is 0.267. The molecule has 128 valence electrons. The number of carbonyl (C=O) groups is 3. The third-order valence-corrected chi connectivity index (χ3v) is 4.67. The molecule has 1 fully saturated rings. The van der Waals surface area contributed by atoms with Crippen LogP contribution in [0.15, 0.2) is 21.5 Å². The molecule has 0 saturated carbocycles. The summed E-state index contributed by atoms with van der Waals surface area (Å²) in [5, 5.41) is 9.57. The lowest BCUT2D eigenvalue weighted by Crippen LogP contribution is -2.42. The highest BCUT2D eigenvalue weighted by molar-refractivity contribution is 9.10. The summed E-state index contributed by atoms with van der Waals surface area (Å²) in [6.07, 6.45) is 1.37. The van der Waals surface area contributed by atoms with Crippen LogP contribution in [0, 0.1) is 0 Å². The molecule has 0 spiro atoms. The van der Waals surface area contributed by atoms with Gasteiger partial charge in [-0.1, -0.05) is 15.9 Å². The van der Waals surface area contributed by atoms with Gasteiger partial charge in [0.25, 0.3) is 11.1 Å². The molecule has 1 aromatic carbocycles. The fourth-order valence-corrected chi connectivity index (χ4v) is 3.44. The summed E-state index contributed by atoms with van der Waals surface area (Å²) < 4.78 is 10.2. The molecule has 0 unspecified atom stereocenters. The highest BCUT2D eigenvalue weighted by Gasteiger charge is 2.41. The van der Waals surface area contributed by atoms with Crippen molar-refractivity contribution < 1.29 is 29.0 Å². The highest BCUT2D eigenvalue weighted by Crippen LogP contribution is 2.39. The zero-order chi connectivity index (χ0) is 18.0. The van der Waals surface area contributed by atoms with E-state index in [2.05, 4.69) is 20.7 Å². The van der Waals surface area contributed by atoms with Gasteiger partial charge in [0.1, 0.15) is 6.04 Å². The summed E-state index contributed by atoms with van der Waals surface area (Å²) in [5.74, 6) is -1.25. The van der Waals surface area contributed by atoms with Gasteiger partial charge in [-0.15, -0.1) is 0 Å². The van der Waals surface area contributed by atoms with Gasteiger partial charge in [0, 0.05) is 10.0 Å². The number of carbonyl (C=O) groups excluding carboxylic acids is 3. The van der Waals surface area contributed by atoms with Crippen LogP contribution in [-0.2, 0) is 14.3 Å². The van der Waals surface area contributed by atoms with Gasteiger partial charge in [-0.25, -0.2) is 4.79 Å². The van der Waals surface area contributed by atoms with Crippen LogP contribution in [-0.4, -0.2) is 47.4 Å². The molecule has 1 aliphatic rings. The van der Waals surface area contributed by atoms with Crippen molar-refractivity contribution in [2.24, 2.45) is 0 Å². The predicted molar refractivity (Wildman–Crippen MR) is 91.6 cm³/mol. The summed E-state index contributed by atoms with van der Waals surface area (Å²) in [6.45, 7) is 1.41. The Kier molecular flexibility index (Phi) is 5.55. The van der Waals surface area contributed by atoms with E-state index in [0.29, 0.717) is 21.8 Å². The summed E-state index contributed by atoms with van der Waals surface area (Å²) >= 11 is 3.96. The van der Waals surface area contributed by atoms with Gasteiger partial charge < -0.3 is 14.6 Å².